The number of benzene rings is 3. The second kappa shape index (κ2) is 9.92. The first-order valence-corrected chi connectivity index (χ1v) is 13.0. The molecule has 0 aromatic heterocycles. The van der Waals surface area contributed by atoms with Crippen molar-refractivity contribution in [2.45, 2.75) is 24.3 Å². The minimum Gasteiger partial charge on any atom is -0.480 e. The van der Waals surface area contributed by atoms with E-state index in [0.717, 1.165) is 6.42 Å². The molecule has 0 saturated heterocycles. The van der Waals surface area contributed by atoms with Crippen molar-refractivity contribution in [2.24, 2.45) is 5.73 Å². The minimum atomic E-state index is -2.44. The third-order valence-corrected chi connectivity index (χ3v) is 13.3. The van der Waals surface area contributed by atoms with E-state index in [9.17, 15) is 9.90 Å². The molecule has 0 fully saturated rings. The van der Waals surface area contributed by atoms with Gasteiger partial charge in [-0.1, -0.05) is 97.9 Å². The van der Waals surface area contributed by atoms with Crippen molar-refractivity contribution >= 4 is 41.4 Å². The van der Waals surface area contributed by atoms with E-state index in [1.165, 1.54) is 15.6 Å². The van der Waals surface area contributed by atoms with Crippen LogP contribution in [0.3, 0.4) is 0 Å². The van der Waals surface area contributed by atoms with E-state index in [0.29, 0.717) is 5.75 Å². The molecule has 0 heterocycles. The van der Waals surface area contributed by atoms with Crippen molar-refractivity contribution in [3.8, 4) is 0 Å². The Hall–Kier alpha value is -2.34. The molecule has 3 aromatic carbocycles. The summed E-state index contributed by atoms with van der Waals surface area (Å²) in [6.07, 6.45) is 0.932. The molecule has 0 aliphatic heterocycles. The summed E-state index contributed by atoms with van der Waals surface area (Å²) < 4.78 is 0. The zero-order chi connectivity index (χ0) is 20.7. The van der Waals surface area contributed by atoms with Crippen molar-refractivity contribution in [1.29, 1.82) is 0 Å². The van der Waals surface area contributed by atoms with Crippen LogP contribution in [0.15, 0.2) is 91.0 Å². The van der Waals surface area contributed by atoms with Crippen LogP contribution >= 0.6 is 11.8 Å². The molecule has 29 heavy (non-hydrogen) atoms. The maximum atomic E-state index is 11.3. The summed E-state index contributed by atoms with van der Waals surface area (Å²) >= 11 is 1.71. The van der Waals surface area contributed by atoms with E-state index in [1.807, 2.05) is 18.2 Å². The van der Waals surface area contributed by atoms with Gasteiger partial charge in [-0.3, -0.25) is 4.79 Å². The number of hydrogen-bond acceptors (Lipinski definition) is 3. The molecule has 0 saturated carbocycles. The van der Waals surface area contributed by atoms with E-state index in [1.54, 1.807) is 11.8 Å². The average Bonchev–Trinajstić information content (AvgIpc) is 2.78. The van der Waals surface area contributed by atoms with Gasteiger partial charge in [0.1, 0.15) is 6.04 Å². The highest BCUT2D eigenvalue weighted by Gasteiger charge is 2.46. The lowest BCUT2D eigenvalue weighted by molar-refractivity contribution is -0.137. The smallest absolute Gasteiger partial charge is 0.321 e. The third kappa shape index (κ3) is 4.47. The Morgan fingerprint density at radius 2 is 1.24 bits per heavy atom. The number of carboxylic acids is 1. The van der Waals surface area contributed by atoms with Gasteiger partial charge in [-0.15, -0.1) is 0 Å². The fraction of sp³-hybridized carbons (Fsp3) is 0.208. The molecule has 0 bridgehead atoms. The molecule has 2 atom stereocenters. The van der Waals surface area contributed by atoms with Gasteiger partial charge in [0.15, 0.2) is 8.07 Å². The van der Waals surface area contributed by atoms with Gasteiger partial charge in [-0.05, 0) is 22.0 Å². The fourth-order valence-corrected chi connectivity index (χ4v) is 12.2. The van der Waals surface area contributed by atoms with Gasteiger partial charge in [0, 0.05) is 10.6 Å². The quantitative estimate of drug-likeness (QED) is 0.412. The zero-order valence-electron chi connectivity index (χ0n) is 16.6. The molecule has 0 radical (unpaired) electrons. The van der Waals surface area contributed by atoms with Crippen LogP contribution in [0.5, 0.6) is 0 Å². The van der Waals surface area contributed by atoms with Gasteiger partial charge in [-0.2, -0.15) is 11.8 Å². The van der Waals surface area contributed by atoms with Crippen LogP contribution in [0.4, 0.5) is 0 Å². The van der Waals surface area contributed by atoms with Crippen LogP contribution < -0.4 is 21.3 Å². The standard InChI is InChI=1S/C24H27NO2SSi/c1-2-23(28-18-22(25)24(26)27)29(19-12-6-3-7-13-19,20-14-8-4-9-15-20)21-16-10-5-11-17-21/h3-17,22-23H,2,18,25H2,1H3,(H,26,27)/t22-,23?/m0/s1. The zero-order valence-corrected chi connectivity index (χ0v) is 18.4. The minimum absolute atomic E-state index is 0.250. The molecule has 3 aromatic rings. The summed E-state index contributed by atoms with van der Waals surface area (Å²) in [6, 6.07) is 31.3. The van der Waals surface area contributed by atoms with Crippen molar-refractivity contribution in [2.75, 3.05) is 5.75 Å². The van der Waals surface area contributed by atoms with Crippen LogP contribution in [-0.2, 0) is 4.79 Å². The Kier molecular flexibility index (Phi) is 7.31. The van der Waals surface area contributed by atoms with Crippen molar-refractivity contribution < 1.29 is 9.90 Å². The van der Waals surface area contributed by atoms with Gasteiger partial charge < -0.3 is 10.8 Å². The molecule has 3 N–H and O–H groups in total. The van der Waals surface area contributed by atoms with E-state index >= 15 is 0 Å². The van der Waals surface area contributed by atoms with Gasteiger partial charge >= 0.3 is 5.97 Å². The number of carbonyl (C=O) groups is 1. The first-order chi connectivity index (χ1) is 14.1. The highest BCUT2D eigenvalue weighted by molar-refractivity contribution is 8.02. The predicted octanol–water partition coefficient (Wildman–Crippen LogP) is 2.62. The van der Waals surface area contributed by atoms with E-state index < -0.39 is 20.1 Å². The summed E-state index contributed by atoms with van der Waals surface area (Å²) in [5.41, 5.74) is 5.87. The normalized spacial score (nSPS) is 13.6. The van der Waals surface area contributed by atoms with Gasteiger partial charge in [0.05, 0.1) is 0 Å². The molecular weight excluding hydrogens is 394 g/mol. The van der Waals surface area contributed by atoms with E-state index in [-0.39, 0.29) is 4.87 Å². The Morgan fingerprint density at radius 1 is 0.862 bits per heavy atom. The summed E-state index contributed by atoms with van der Waals surface area (Å²) in [6.45, 7) is 2.19. The molecule has 0 amide bonds. The molecule has 0 aliphatic carbocycles. The molecule has 3 nitrogen and oxygen atoms in total. The second-order valence-corrected chi connectivity index (χ2v) is 12.8. The lowest BCUT2D eigenvalue weighted by Gasteiger charge is -2.40. The van der Waals surface area contributed by atoms with Crippen molar-refractivity contribution in [1.82, 2.24) is 0 Å². The molecule has 150 valence electrons. The maximum absolute atomic E-state index is 11.3. The van der Waals surface area contributed by atoms with Gasteiger partial charge in [0.25, 0.3) is 0 Å². The molecular formula is C24H27NO2SSi. The Bertz CT molecular complexity index is 809. The number of aliphatic carboxylic acids is 1. The lowest BCUT2D eigenvalue weighted by atomic mass is 10.3. The van der Waals surface area contributed by atoms with E-state index in [4.69, 9.17) is 5.73 Å². The summed E-state index contributed by atoms with van der Waals surface area (Å²) in [5, 5.41) is 13.3. The molecule has 5 heteroatoms. The third-order valence-electron chi connectivity index (χ3n) is 5.34. The van der Waals surface area contributed by atoms with Crippen LogP contribution in [0.2, 0.25) is 0 Å². The Labute approximate surface area is 178 Å². The number of nitrogens with two attached hydrogens (primary N) is 1. The Balaban J connectivity index is 2.22. The highest BCUT2D eigenvalue weighted by Crippen LogP contribution is 2.26. The first kappa shape index (κ1) is 21.4. The van der Waals surface area contributed by atoms with E-state index in [2.05, 4.69) is 79.7 Å². The lowest BCUT2D eigenvalue weighted by Crippen LogP contribution is -2.73. The topological polar surface area (TPSA) is 63.3 Å². The maximum Gasteiger partial charge on any atom is 0.321 e. The monoisotopic (exact) mass is 421 g/mol. The SMILES string of the molecule is CCC(SC[C@H](N)C(=O)O)[Si](c1ccccc1)(c1ccccc1)c1ccccc1. The highest BCUT2D eigenvalue weighted by atomic mass is 32.2. The Morgan fingerprint density at radius 3 is 1.55 bits per heavy atom. The van der Waals surface area contributed by atoms with Gasteiger partial charge in [-0.25, -0.2) is 0 Å². The number of carboxylic acid groups (broad SMARTS) is 1. The van der Waals surface area contributed by atoms with Crippen LogP contribution in [-0.4, -0.2) is 35.8 Å². The largest absolute Gasteiger partial charge is 0.480 e. The fourth-order valence-electron chi connectivity index (χ4n) is 4.00. The number of hydrogen-bond donors (Lipinski definition) is 2. The molecule has 1 unspecified atom stereocenters. The summed E-state index contributed by atoms with van der Waals surface area (Å²) in [4.78, 5) is 11.6. The van der Waals surface area contributed by atoms with Crippen LogP contribution in [0.25, 0.3) is 0 Å². The molecule has 0 aliphatic rings. The average molecular weight is 422 g/mol. The van der Waals surface area contributed by atoms with Crippen molar-refractivity contribution in [3.05, 3.63) is 91.0 Å². The molecule has 3 rings (SSSR count). The summed E-state index contributed by atoms with van der Waals surface area (Å²) in [7, 11) is -2.44. The summed E-state index contributed by atoms with van der Waals surface area (Å²) in [5.74, 6) is -0.548. The van der Waals surface area contributed by atoms with Crippen LogP contribution in [0.1, 0.15) is 13.3 Å². The van der Waals surface area contributed by atoms with Crippen molar-refractivity contribution in [3.63, 3.8) is 0 Å². The number of rotatable bonds is 9. The number of thioether (sulfide) groups is 1. The van der Waals surface area contributed by atoms with Crippen LogP contribution in [0, 0.1) is 0 Å². The predicted molar refractivity (Wildman–Crippen MR) is 126 cm³/mol. The second-order valence-electron chi connectivity index (χ2n) is 7.08. The molecule has 0 spiro atoms. The first-order valence-electron chi connectivity index (χ1n) is 9.87. The van der Waals surface area contributed by atoms with Gasteiger partial charge in [0.2, 0.25) is 0 Å².